The van der Waals surface area contributed by atoms with Crippen LogP contribution in [0.1, 0.15) is 5.56 Å². The van der Waals surface area contributed by atoms with Crippen LogP contribution in [0.5, 0.6) is 0 Å². The Morgan fingerprint density at radius 2 is 1.67 bits per heavy atom. The molecule has 136 valence electrons. The summed E-state index contributed by atoms with van der Waals surface area (Å²) in [5.41, 5.74) is 0.349. The number of hydrogen-bond acceptors (Lipinski definition) is 4. The fourth-order valence-electron chi connectivity index (χ4n) is 2.55. The Labute approximate surface area is 153 Å². The highest BCUT2D eigenvalue weighted by molar-refractivity contribution is 7.85. The van der Waals surface area contributed by atoms with Gasteiger partial charge in [-0.1, -0.05) is 36.4 Å². The summed E-state index contributed by atoms with van der Waals surface area (Å²) >= 11 is 0. The van der Waals surface area contributed by atoms with Crippen LogP contribution in [0.2, 0.25) is 0 Å². The van der Waals surface area contributed by atoms with Gasteiger partial charge < -0.3 is 0 Å². The van der Waals surface area contributed by atoms with Crippen LogP contribution in [0.3, 0.4) is 0 Å². The van der Waals surface area contributed by atoms with E-state index in [9.17, 15) is 17.4 Å². The van der Waals surface area contributed by atoms with Gasteiger partial charge in [0.2, 0.25) is 0 Å². The molecule has 0 amide bonds. The average molecular weight is 388 g/mol. The predicted octanol–water partition coefficient (Wildman–Crippen LogP) is 3.98. The minimum atomic E-state index is -4.51. The van der Waals surface area contributed by atoms with Crippen LogP contribution in [0.15, 0.2) is 76.7 Å². The highest BCUT2D eigenvalue weighted by Gasteiger charge is 2.31. The molecule has 0 radical (unpaired) electrons. The third-order valence-corrected chi connectivity index (χ3v) is 5.12. The lowest BCUT2D eigenvalue weighted by molar-refractivity contribution is -0.137. The molecule has 27 heavy (non-hydrogen) atoms. The van der Waals surface area contributed by atoms with Gasteiger partial charge in [-0.25, -0.2) is 4.21 Å². The van der Waals surface area contributed by atoms with Crippen LogP contribution in [0.25, 0.3) is 17.0 Å². The topological polar surface area (TPSA) is 60.2 Å². The zero-order valence-corrected chi connectivity index (χ0v) is 14.4. The Hall–Kier alpha value is -3.07. The fourth-order valence-corrected chi connectivity index (χ4v) is 3.57. The number of hydrogen-bond donors (Lipinski definition) is 0. The summed E-state index contributed by atoms with van der Waals surface area (Å²) in [5.74, 6) is 0.452. The molecular formula is C18H11F3N4OS. The van der Waals surface area contributed by atoms with E-state index in [4.69, 9.17) is 0 Å². The summed E-state index contributed by atoms with van der Waals surface area (Å²) in [5, 5.41) is 12.5. The molecule has 9 heteroatoms. The summed E-state index contributed by atoms with van der Waals surface area (Å²) in [6.45, 7) is 0. The summed E-state index contributed by atoms with van der Waals surface area (Å²) in [6.07, 6.45) is -4.51. The number of nitrogens with zero attached hydrogens (tertiary/aromatic N) is 4. The smallest absolute Gasteiger partial charge is 0.247 e. The molecule has 2 aromatic heterocycles. The number of benzene rings is 2. The van der Waals surface area contributed by atoms with Crippen molar-refractivity contribution in [3.05, 3.63) is 72.3 Å². The Morgan fingerprint density at radius 3 is 2.41 bits per heavy atom. The van der Waals surface area contributed by atoms with Gasteiger partial charge >= 0.3 is 6.18 Å². The normalized spacial score (nSPS) is 13.0. The first kappa shape index (κ1) is 17.3. The molecule has 0 aliphatic rings. The summed E-state index contributed by atoms with van der Waals surface area (Å²) in [7, 11) is -1.88. The maximum Gasteiger partial charge on any atom is 0.416 e. The Morgan fingerprint density at radius 1 is 0.889 bits per heavy atom. The van der Waals surface area contributed by atoms with E-state index in [2.05, 4.69) is 15.3 Å². The lowest BCUT2D eigenvalue weighted by atomic mass is 10.2. The van der Waals surface area contributed by atoms with Crippen molar-refractivity contribution in [2.45, 2.75) is 16.1 Å². The number of rotatable bonds is 3. The van der Waals surface area contributed by atoms with Crippen LogP contribution < -0.4 is 0 Å². The van der Waals surface area contributed by atoms with Crippen molar-refractivity contribution < 1.29 is 17.4 Å². The summed E-state index contributed by atoms with van der Waals surface area (Å²) < 4.78 is 52.9. The highest BCUT2D eigenvalue weighted by Crippen LogP contribution is 2.31. The number of halogens is 3. The van der Waals surface area contributed by atoms with Crippen molar-refractivity contribution in [3.63, 3.8) is 0 Å². The quantitative estimate of drug-likeness (QED) is 0.533. The SMILES string of the molecule is O=S(c1cccc(C(F)(F)F)c1)c1ccc2nnc(-c3ccccc3)n2n1. The van der Waals surface area contributed by atoms with E-state index in [0.717, 1.165) is 17.7 Å². The van der Waals surface area contributed by atoms with Crippen molar-refractivity contribution in [2.75, 3.05) is 0 Å². The second kappa shape index (κ2) is 6.58. The first-order valence-corrected chi connectivity index (χ1v) is 8.95. The minimum absolute atomic E-state index is 0.0195. The molecule has 2 heterocycles. The molecule has 0 N–H and O–H groups in total. The molecule has 0 saturated heterocycles. The van der Waals surface area contributed by atoms with Gasteiger partial charge in [-0.15, -0.1) is 10.2 Å². The van der Waals surface area contributed by atoms with Gasteiger partial charge in [0, 0.05) is 10.5 Å². The van der Waals surface area contributed by atoms with Crippen LogP contribution in [-0.2, 0) is 17.0 Å². The molecule has 2 aromatic carbocycles. The Kier molecular flexibility index (Phi) is 4.23. The molecule has 4 rings (SSSR count). The van der Waals surface area contributed by atoms with E-state index in [1.165, 1.54) is 22.7 Å². The monoisotopic (exact) mass is 388 g/mol. The van der Waals surface area contributed by atoms with E-state index in [1.807, 2.05) is 30.3 Å². The van der Waals surface area contributed by atoms with Crippen LogP contribution in [-0.4, -0.2) is 24.0 Å². The third-order valence-electron chi connectivity index (χ3n) is 3.84. The molecule has 0 saturated carbocycles. The molecular weight excluding hydrogens is 377 g/mol. The van der Waals surface area contributed by atoms with Crippen molar-refractivity contribution >= 4 is 16.4 Å². The second-order valence-corrected chi connectivity index (χ2v) is 7.05. The second-order valence-electron chi connectivity index (χ2n) is 5.63. The Bertz CT molecular complexity index is 1140. The standard InChI is InChI=1S/C18H11F3N4OS/c19-18(20,21)13-7-4-8-14(11-13)27(26)16-10-9-15-22-23-17(25(15)24-16)12-5-2-1-3-6-12/h1-11H. The van der Waals surface area contributed by atoms with E-state index >= 15 is 0 Å². The van der Waals surface area contributed by atoms with E-state index in [0.29, 0.717) is 11.5 Å². The van der Waals surface area contributed by atoms with Crippen molar-refractivity contribution in [2.24, 2.45) is 0 Å². The lowest BCUT2D eigenvalue weighted by Crippen LogP contribution is -2.07. The maximum atomic E-state index is 12.9. The maximum absolute atomic E-state index is 12.9. The van der Waals surface area contributed by atoms with E-state index < -0.39 is 22.5 Å². The van der Waals surface area contributed by atoms with Crippen LogP contribution in [0, 0.1) is 0 Å². The number of alkyl halides is 3. The molecule has 0 bridgehead atoms. The average Bonchev–Trinajstić information content (AvgIpc) is 3.11. The molecule has 5 nitrogen and oxygen atoms in total. The fraction of sp³-hybridized carbons (Fsp3) is 0.0556. The molecule has 0 aliphatic carbocycles. The lowest BCUT2D eigenvalue weighted by Gasteiger charge is -2.08. The van der Waals surface area contributed by atoms with Crippen molar-refractivity contribution in [1.82, 2.24) is 19.8 Å². The van der Waals surface area contributed by atoms with E-state index in [1.54, 1.807) is 6.07 Å². The number of aromatic nitrogens is 4. The zero-order chi connectivity index (χ0) is 19.0. The third kappa shape index (κ3) is 3.33. The Balaban J connectivity index is 1.77. The molecule has 0 spiro atoms. The van der Waals surface area contributed by atoms with Gasteiger partial charge in [-0.3, -0.25) is 0 Å². The number of fused-ring (bicyclic) bond motifs is 1. The molecule has 0 fully saturated rings. The van der Waals surface area contributed by atoms with Gasteiger partial charge in [-0.05, 0) is 30.3 Å². The minimum Gasteiger partial charge on any atom is -0.247 e. The predicted molar refractivity (Wildman–Crippen MR) is 92.3 cm³/mol. The van der Waals surface area contributed by atoms with Gasteiger partial charge in [0.25, 0.3) is 0 Å². The molecule has 1 unspecified atom stereocenters. The molecule has 0 aliphatic heterocycles. The molecule has 4 aromatic rings. The zero-order valence-electron chi connectivity index (χ0n) is 13.6. The van der Waals surface area contributed by atoms with Gasteiger partial charge in [0.05, 0.1) is 5.56 Å². The highest BCUT2D eigenvalue weighted by atomic mass is 32.2. The molecule has 1 atom stereocenters. The first-order chi connectivity index (χ1) is 12.9. The van der Waals surface area contributed by atoms with Crippen LogP contribution >= 0.6 is 0 Å². The van der Waals surface area contributed by atoms with E-state index in [-0.39, 0.29) is 9.92 Å². The largest absolute Gasteiger partial charge is 0.416 e. The van der Waals surface area contributed by atoms with Crippen molar-refractivity contribution in [1.29, 1.82) is 0 Å². The first-order valence-electron chi connectivity index (χ1n) is 7.80. The summed E-state index contributed by atoms with van der Waals surface area (Å²) in [4.78, 5) is 0.0195. The van der Waals surface area contributed by atoms with Gasteiger partial charge in [-0.2, -0.15) is 22.8 Å². The van der Waals surface area contributed by atoms with Crippen molar-refractivity contribution in [3.8, 4) is 11.4 Å². The van der Waals surface area contributed by atoms with Crippen LogP contribution in [0.4, 0.5) is 13.2 Å². The summed E-state index contributed by atoms with van der Waals surface area (Å²) in [6, 6.07) is 16.6. The van der Waals surface area contributed by atoms with Gasteiger partial charge in [0.15, 0.2) is 16.5 Å². The van der Waals surface area contributed by atoms with Gasteiger partial charge in [0.1, 0.15) is 10.8 Å².